The van der Waals surface area contributed by atoms with Crippen molar-refractivity contribution in [2.24, 2.45) is 0 Å². The van der Waals surface area contributed by atoms with Gasteiger partial charge in [0, 0.05) is 37.9 Å². The average Bonchev–Trinajstić information content (AvgIpc) is 3.11. The van der Waals surface area contributed by atoms with Gasteiger partial charge >= 0.3 is 0 Å². The summed E-state index contributed by atoms with van der Waals surface area (Å²) in [6.07, 6.45) is 1.18. The summed E-state index contributed by atoms with van der Waals surface area (Å²) in [5.41, 5.74) is 1.70. The first kappa shape index (κ1) is 19.4. The molecule has 26 heavy (non-hydrogen) atoms. The second-order valence-electron chi connectivity index (χ2n) is 8.93. The van der Waals surface area contributed by atoms with Gasteiger partial charge in [0.05, 0.1) is 13.2 Å². The summed E-state index contributed by atoms with van der Waals surface area (Å²) >= 11 is 0. The van der Waals surface area contributed by atoms with E-state index in [1.54, 1.807) is 0 Å². The van der Waals surface area contributed by atoms with E-state index in [-0.39, 0.29) is 22.7 Å². The molecule has 2 aliphatic heterocycles. The van der Waals surface area contributed by atoms with Crippen molar-refractivity contribution >= 4 is 14.2 Å². The monoisotopic (exact) mass is 379 g/mol. The summed E-state index contributed by atoms with van der Waals surface area (Å²) < 4.78 is 26.1. The van der Waals surface area contributed by atoms with E-state index in [9.17, 15) is 9.18 Å². The fraction of sp³-hybridized carbons (Fsp3) is 0.650. The lowest BCUT2D eigenvalue weighted by Gasteiger charge is -2.36. The maximum atomic E-state index is 14.5. The van der Waals surface area contributed by atoms with E-state index >= 15 is 0 Å². The number of hydrogen-bond acceptors (Lipinski definition) is 3. The van der Waals surface area contributed by atoms with E-state index in [1.165, 1.54) is 6.07 Å². The molecule has 6 heteroatoms. The summed E-state index contributed by atoms with van der Waals surface area (Å²) in [6.45, 7) is 13.3. The molecule has 4 nitrogen and oxygen atoms in total. The van der Waals surface area contributed by atoms with Gasteiger partial charge in [0.2, 0.25) is 5.91 Å². The summed E-state index contributed by atoms with van der Waals surface area (Å²) in [7, 11) is -1.81. The Morgan fingerprint density at radius 3 is 2.77 bits per heavy atom. The van der Waals surface area contributed by atoms with Crippen molar-refractivity contribution in [2.75, 3.05) is 26.3 Å². The predicted octanol–water partition coefficient (Wildman–Crippen LogP) is 4.10. The van der Waals surface area contributed by atoms with E-state index in [2.05, 4.69) is 33.9 Å². The first-order chi connectivity index (χ1) is 12.1. The fourth-order valence-corrected chi connectivity index (χ4v) is 4.39. The molecule has 0 unspecified atom stereocenters. The van der Waals surface area contributed by atoms with Gasteiger partial charge in [-0.25, -0.2) is 4.39 Å². The van der Waals surface area contributed by atoms with Crippen LogP contribution in [0.2, 0.25) is 18.1 Å². The molecule has 0 saturated carbocycles. The molecule has 3 rings (SSSR count). The number of hydrogen-bond donors (Lipinski definition) is 0. The smallest absolute Gasteiger partial charge is 0.223 e. The molecule has 1 atom stereocenters. The largest absolute Gasteiger partial charge is 0.493 e. The van der Waals surface area contributed by atoms with E-state index in [4.69, 9.17) is 9.16 Å². The Balaban J connectivity index is 1.61. The first-order valence-corrected chi connectivity index (χ1v) is 12.4. The quantitative estimate of drug-likeness (QED) is 0.723. The van der Waals surface area contributed by atoms with Crippen molar-refractivity contribution in [1.82, 2.24) is 4.90 Å². The third-order valence-electron chi connectivity index (χ3n) is 6.09. The zero-order valence-electron chi connectivity index (χ0n) is 16.5. The number of carbonyl (C=O) groups excluding carboxylic acids is 1. The SMILES string of the molecule is CC(C)(C)[Si](C)(C)OCCN1C[C@@H](c2cc3c(cc2F)OCC3)CC1=O. The molecule has 0 radical (unpaired) electrons. The second kappa shape index (κ2) is 6.96. The lowest BCUT2D eigenvalue weighted by molar-refractivity contribution is -0.128. The van der Waals surface area contributed by atoms with E-state index < -0.39 is 8.32 Å². The summed E-state index contributed by atoms with van der Waals surface area (Å²) in [6, 6.07) is 3.37. The van der Waals surface area contributed by atoms with Crippen LogP contribution in [0.15, 0.2) is 12.1 Å². The molecule has 144 valence electrons. The van der Waals surface area contributed by atoms with Crippen LogP contribution in [0.3, 0.4) is 0 Å². The van der Waals surface area contributed by atoms with Crippen LogP contribution in [-0.4, -0.2) is 45.4 Å². The molecule has 0 aromatic heterocycles. The number of fused-ring (bicyclic) bond motifs is 1. The summed E-state index contributed by atoms with van der Waals surface area (Å²) in [5, 5.41) is 0.153. The van der Waals surface area contributed by atoms with Crippen molar-refractivity contribution in [3.05, 3.63) is 29.1 Å². The minimum Gasteiger partial charge on any atom is -0.493 e. The Labute approximate surface area is 156 Å². The summed E-state index contributed by atoms with van der Waals surface area (Å²) in [4.78, 5) is 14.2. The van der Waals surface area contributed by atoms with Gasteiger partial charge in [-0.05, 0) is 35.3 Å². The van der Waals surface area contributed by atoms with Crippen LogP contribution in [0.1, 0.15) is 44.2 Å². The molecule has 2 heterocycles. The molecule has 1 aromatic rings. The maximum Gasteiger partial charge on any atom is 0.223 e. The van der Waals surface area contributed by atoms with Crippen LogP contribution < -0.4 is 4.74 Å². The highest BCUT2D eigenvalue weighted by Gasteiger charge is 2.38. The van der Waals surface area contributed by atoms with Gasteiger partial charge in [-0.3, -0.25) is 4.79 Å². The molecule has 1 amide bonds. The van der Waals surface area contributed by atoms with Crippen molar-refractivity contribution in [2.45, 2.75) is 57.7 Å². The molecule has 0 N–H and O–H groups in total. The van der Waals surface area contributed by atoms with Gasteiger partial charge in [0.1, 0.15) is 11.6 Å². The van der Waals surface area contributed by atoms with Crippen molar-refractivity contribution in [3.8, 4) is 5.75 Å². The van der Waals surface area contributed by atoms with Gasteiger partial charge in [0.15, 0.2) is 8.32 Å². The Hall–Kier alpha value is -1.40. The highest BCUT2D eigenvalue weighted by Crippen LogP contribution is 2.37. The van der Waals surface area contributed by atoms with Crippen molar-refractivity contribution in [1.29, 1.82) is 0 Å². The zero-order chi connectivity index (χ0) is 19.1. The van der Waals surface area contributed by atoms with Crippen LogP contribution in [-0.2, 0) is 15.6 Å². The standard InChI is InChI=1S/C20H30FNO3Si/c1-20(2,3)26(4,5)25-9-7-22-13-15(11-19(22)23)16-10-14-6-8-24-18(14)12-17(16)21/h10,12,15H,6-9,11,13H2,1-5H3/t15-/m0/s1. The zero-order valence-corrected chi connectivity index (χ0v) is 17.5. The third kappa shape index (κ3) is 3.81. The number of carbonyl (C=O) groups is 1. The van der Waals surface area contributed by atoms with E-state index in [1.807, 2.05) is 11.0 Å². The van der Waals surface area contributed by atoms with E-state index in [0.29, 0.717) is 44.0 Å². The Bertz CT molecular complexity index is 699. The molecule has 0 bridgehead atoms. The normalized spacial score (nSPS) is 20.5. The molecule has 1 aromatic carbocycles. The van der Waals surface area contributed by atoms with Crippen LogP contribution in [0.4, 0.5) is 4.39 Å². The van der Waals surface area contributed by atoms with Crippen LogP contribution >= 0.6 is 0 Å². The summed E-state index contributed by atoms with van der Waals surface area (Å²) in [5.74, 6) is 0.393. The number of rotatable bonds is 5. The van der Waals surface area contributed by atoms with Gasteiger partial charge in [-0.2, -0.15) is 0 Å². The number of likely N-dealkylation sites (tertiary alicyclic amines) is 1. The molecule has 0 spiro atoms. The number of benzene rings is 1. The minimum absolute atomic E-state index is 0.0822. The molecule has 2 aliphatic rings. The average molecular weight is 380 g/mol. The Morgan fingerprint density at radius 2 is 2.08 bits per heavy atom. The number of halogens is 1. The topological polar surface area (TPSA) is 38.8 Å². The van der Waals surface area contributed by atoms with Crippen molar-refractivity contribution < 1.29 is 18.3 Å². The molecular formula is C20H30FNO3Si. The highest BCUT2D eigenvalue weighted by molar-refractivity contribution is 6.74. The first-order valence-electron chi connectivity index (χ1n) is 9.45. The Kier molecular flexibility index (Phi) is 5.19. The molecule has 1 fully saturated rings. The highest BCUT2D eigenvalue weighted by atomic mass is 28.4. The molecular weight excluding hydrogens is 349 g/mol. The van der Waals surface area contributed by atoms with Gasteiger partial charge in [0.25, 0.3) is 0 Å². The molecule has 0 aliphatic carbocycles. The minimum atomic E-state index is -1.81. The lowest BCUT2D eigenvalue weighted by Crippen LogP contribution is -2.43. The third-order valence-corrected chi connectivity index (χ3v) is 10.6. The molecule has 1 saturated heterocycles. The predicted molar refractivity (Wildman–Crippen MR) is 103 cm³/mol. The van der Waals surface area contributed by atoms with Crippen LogP contribution in [0, 0.1) is 5.82 Å². The van der Waals surface area contributed by atoms with Crippen LogP contribution in [0.5, 0.6) is 5.75 Å². The van der Waals surface area contributed by atoms with Gasteiger partial charge in [-0.1, -0.05) is 20.8 Å². The second-order valence-corrected chi connectivity index (χ2v) is 13.7. The Morgan fingerprint density at radius 1 is 1.35 bits per heavy atom. The van der Waals surface area contributed by atoms with Crippen molar-refractivity contribution in [3.63, 3.8) is 0 Å². The fourth-order valence-electron chi connectivity index (χ4n) is 3.36. The lowest BCUT2D eigenvalue weighted by atomic mass is 9.95. The number of amides is 1. The number of nitrogens with zero attached hydrogens (tertiary/aromatic N) is 1. The van der Waals surface area contributed by atoms with Crippen LogP contribution in [0.25, 0.3) is 0 Å². The van der Waals surface area contributed by atoms with E-state index in [0.717, 1.165) is 12.0 Å². The van der Waals surface area contributed by atoms with Gasteiger partial charge < -0.3 is 14.1 Å². The number of ether oxygens (including phenoxy) is 1. The van der Waals surface area contributed by atoms with Gasteiger partial charge in [-0.15, -0.1) is 0 Å². The maximum absolute atomic E-state index is 14.5.